The van der Waals surface area contributed by atoms with Crippen LogP contribution in [0.25, 0.3) is 0 Å². The highest BCUT2D eigenvalue weighted by atomic mass is 16.4. The van der Waals surface area contributed by atoms with Gasteiger partial charge in [-0.2, -0.15) is 0 Å². The van der Waals surface area contributed by atoms with Crippen LogP contribution in [0.15, 0.2) is 0 Å². The average molecular weight is 270 g/mol. The summed E-state index contributed by atoms with van der Waals surface area (Å²) in [5, 5.41) is 11.8. The lowest BCUT2D eigenvalue weighted by molar-refractivity contribution is -0.141. The van der Waals surface area contributed by atoms with Crippen LogP contribution in [0.2, 0.25) is 0 Å². The lowest BCUT2D eigenvalue weighted by Crippen LogP contribution is -2.42. The van der Waals surface area contributed by atoms with E-state index in [9.17, 15) is 9.59 Å². The Morgan fingerprint density at radius 3 is 2.58 bits per heavy atom. The van der Waals surface area contributed by atoms with Crippen LogP contribution in [-0.2, 0) is 4.79 Å². The topological polar surface area (TPSA) is 69.6 Å². The van der Waals surface area contributed by atoms with Crippen molar-refractivity contribution in [3.8, 4) is 0 Å². The Labute approximate surface area is 115 Å². The summed E-state index contributed by atoms with van der Waals surface area (Å²) in [5.74, 6) is -0.456. The fourth-order valence-corrected chi connectivity index (χ4v) is 2.35. The van der Waals surface area contributed by atoms with E-state index >= 15 is 0 Å². The molecule has 1 rings (SSSR count). The molecular weight excluding hydrogens is 244 g/mol. The highest BCUT2D eigenvalue weighted by molar-refractivity contribution is 5.74. The van der Waals surface area contributed by atoms with Crippen LogP contribution in [0.5, 0.6) is 0 Å². The largest absolute Gasteiger partial charge is 0.481 e. The van der Waals surface area contributed by atoms with Crippen molar-refractivity contribution in [2.75, 3.05) is 13.1 Å². The van der Waals surface area contributed by atoms with E-state index in [1.54, 1.807) is 6.92 Å². The molecule has 2 N–H and O–H groups in total. The number of nitrogens with one attached hydrogen (secondary N) is 1. The van der Waals surface area contributed by atoms with E-state index in [0.29, 0.717) is 12.3 Å². The summed E-state index contributed by atoms with van der Waals surface area (Å²) in [6.07, 6.45) is 3.40. The molecule has 0 aliphatic carbocycles. The van der Waals surface area contributed by atoms with Gasteiger partial charge in [0.25, 0.3) is 0 Å². The van der Waals surface area contributed by atoms with E-state index in [0.717, 1.165) is 32.4 Å². The molecule has 0 radical (unpaired) electrons. The molecule has 0 spiro atoms. The van der Waals surface area contributed by atoms with E-state index in [-0.39, 0.29) is 18.0 Å². The minimum absolute atomic E-state index is 0.0168. The van der Waals surface area contributed by atoms with Crippen LogP contribution < -0.4 is 5.32 Å². The molecule has 5 nitrogen and oxygen atoms in total. The number of carbonyl (C=O) groups is 2. The van der Waals surface area contributed by atoms with Gasteiger partial charge >= 0.3 is 12.0 Å². The number of hydrogen-bond donors (Lipinski definition) is 2. The molecule has 5 heteroatoms. The molecule has 2 amide bonds. The van der Waals surface area contributed by atoms with Crippen LogP contribution in [0, 0.1) is 11.8 Å². The standard InChI is InChI=1S/C14H26N2O3/c1-10-7-8-16(9-10)14(19)15-12(3)6-4-5-11(2)13(17)18/h10-12H,4-9H2,1-3H3,(H,15,19)(H,17,18). The zero-order chi connectivity index (χ0) is 14.4. The number of nitrogens with zero attached hydrogens (tertiary/aromatic N) is 1. The zero-order valence-electron chi connectivity index (χ0n) is 12.2. The molecule has 1 aliphatic rings. The Hall–Kier alpha value is -1.26. The Balaban J connectivity index is 2.18. The third kappa shape index (κ3) is 5.49. The third-order valence-corrected chi connectivity index (χ3v) is 3.78. The van der Waals surface area contributed by atoms with Crippen molar-refractivity contribution in [2.24, 2.45) is 11.8 Å². The van der Waals surface area contributed by atoms with Crippen LogP contribution in [0.3, 0.4) is 0 Å². The Morgan fingerprint density at radius 1 is 1.37 bits per heavy atom. The summed E-state index contributed by atoms with van der Waals surface area (Å²) >= 11 is 0. The maximum Gasteiger partial charge on any atom is 0.317 e. The van der Waals surface area contributed by atoms with E-state index in [1.165, 1.54) is 0 Å². The van der Waals surface area contributed by atoms with Gasteiger partial charge in [0.1, 0.15) is 0 Å². The second kappa shape index (κ2) is 7.36. The quantitative estimate of drug-likeness (QED) is 0.778. The number of hydrogen-bond acceptors (Lipinski definition) is 2. The maximum atomic E-state index is 11.9. The molecule has 1 fully saturated rings. The van der Waals surface area contributed by atoms with Gasteiger partial charge in [-0.05, 0) is 32.1 Å². The van der Waals surface area contributed by atoms with Crippen molar-refractivity contribution in [1.82, 2.24) is 10.2 Å². The van der Waals surface area contributed by atoms with Crippen molar-refractivity contribution in [1.29, 1.82) is 0 Å². The molecule has 0 aromatic heterocycles. The zero-order valence-corrected chi connectivity index (χ0v) is 12.2. The molecule has 0 aromatic carbocycles. The number of urea groups is 1. The van der Waals surface area contributed by atoms with E-state index in [4.69, 9.17) is 5.11 Å². The molecule has 1 heterocycles. The van der Waals surface area contributed by atoms with E-state index < -0.39 is 5.97 Å². The molecule has 110 valence electrons. The number of aliphatic carboxylic acids is 1. The fraction of sp³-hybridized carbons (Fsp3) is 0.857. The summed E-state index contributed by atoms with van der Waals surface area (Å²) in [7, 11) is 0. The minimum Gasteiger partial charge on any atom is -0.481 e. The van der Waals surface area contributed by atoms with Crippen LogP contribution >= 0.6 is 0 Å². The first-order chi connectivity index (χ1) is 8.90. The molecule has 19 heavy (non-hydrogen) atoms. The molecular formula is C14H26N2O3. The van der Waals surface area contributed by atoms with Crippen molar-refractivity contribution >= 4 is 12.0 Å². The normalized spacial score (nSPS) is 22.1. The first-order valence-electron chi connectivity index (χ1n) is 7.18. The van der Waals surface area contributed by atoms with Crippen molar-refractivity contribution < 1.29 is 14.7 Å². The van der Waals surface area contributed by atoms with Gasteiger partial charge < -0.3 is 15.3 Å². The first kappa shape index (κ1) is 15.8. The molecule has 0 bridgehead atoms. The van der Waals surface area contributed by atoms with Gasteiger partial charge in [-0.15, -0.1) is 0 Å². The van der Waals surface area contributed by atoms with Crippen LogP contribution in [0.4, 0.5) is 4.79 Å². The van der Waals surface area contributed by atoms with E-state index in [2.05, 4.69) is 12.2 Å². The smallest absolute Gasteiger partial charge is 0.317 e. The Bertz CT molecular complexity index is 320. The fourth-order valence-electron chi connectivity index (χ4n) is 2.35. The Morgan fingerprint density at radius 2 is 2.05 bits per heavy atom. The average Bonchev–Trinajstić information content (AvgIpc) is 2.75. The second-order valence-electron chi connectivity index (χ2n) is 5.86. The van der Waals surface area contributed by atoms with Gasteiger partial charge in [-0.3, -0.25) is 4.79 Å². The number of amides is 2. The summed E-state index contributed by atoms with van der Waals surface area (Å²) in [6.45, 7) is 7.54. The van der Waals surface area contributed by atoms with Crippen LogP contribution in [0.1, 0.15) is 46.5 Å². The maximum absolute atomic E-state index is 11.9. The van der Waals surface area contributed by atoms with E-state index in [1.807, 2.05) is 11.8 Å². The van der Waals surface area contributed by atoms with Gasteiger partial charge in [0.05, 0.1) is 5.92 Å². The molecule has 3 atom stereocenters. The number of likely N-dealkylation sites (tertiary alicyclic amines) is 1. The number of carboxylic acid groups (broad SMARTS) is 1. The SMILES string of the molecule is CC1CCN(C(=O)NC(C)CCCC(C)C(=O)O)C1. The predicted molar refractivity (Wildman–Crippen MR) is 74.0 cm³/mol. The van der Waals surface area contributed by atoms with Crippen molar-refractivity contribution in [3.05, 3.63) is 0 Å². The monoisotopic (exact) mass is 270 g/mol. The molecule has 3 unspecified atom stereocenters. The van der Waals surface area contributed by atoms with Gasteiger partial charge in [-0.25, -0.2) is 4.79 Å². The summed E-state index contributed by atoms with van der Waals surface area (Å²) < 4.78 is 0. The predicted octanol–water partition coefficient (Wildman–Crippen LogP) is 2.32. The highest BCUT2D eigenvalue weighted by Crippen LogP contribution is 2.15. The van der Waals surface area contributed by atoms with Gasteiger partial charge in [0, 0.05) is 19.1 Å². The number of carboxylic acids is 1. The lowest BCUT2D eigenvalue weighted by Gasteiger charge is -2.21. The third-order valence-electron chi connectivity index (χ3n) is 3.78. The molecule has 0 aromatic rings. The van der Waals surface area contributed by atoms with Crippen molar-refractivity contribution in [2.45, 2.75) is 52.5 Å². The summed E-state index contributed by atoms with van der Waals surface area (Å²) in [5.41, 5.74) is 0. The Kier molecular flexibility index (Phi) is 6.12. The summed E-state index contributed by atoms with van der Waals surface area (Å²) in [4.78, 5) is 24.5. The van der Waals surface area contributed by atoms with Gasteiger partial charge in [-0.1, -0.05) is 20.3 Å². The van der Waals surface area contributed by atoms with Crippen LogP contribution in [-0.4, -0.2) is 41.1 Å². The van der Waals surface area contributed by atoms with Gasteiger partial charge in [0.2, 0.25) is 0 Å². The highest BCUT2D eigenvalue weighted by Gasteiger charge is 2.23. The van der Waals surface area contributed by atoms with Crippen molar-refractivity contribution in [3.63, 3.8) is 0 Å². The lowest BCUT2D eigenvalue weighted by atomic mass is 10.0. The molecule has 0 saturated carbocycles. The van der Waals surface area contributed by atoms with Gasteiger partial charge in [0.15, 0.2) is 0 Å². The number of rotatable bonds is 6. The summed E-state index contributed by atoms with van der Waals surface area (Å²) in [6, 6.07) is 0.118. The molecule has 1 aliphatic heterocycles. The second-order valence-corrected chi connectivity index (χ2v) is 5.86. The molecule has 1 saturated heterocycles. The minimum atomic E-state index is -0.747. The first-order valence-corrected chi connectivity index (χ1v) is 7.18. The number of carbonyl (C=O) groups excluding carboxylic acids is 1.